The maximum atomic E-state index is 9.56. The number of piperidine rings is 1. The van der Waals surface area contributed by atoms with Gasteiger partial charge >= 0.3 is 0 Å². The van der Waals surface area contributed by atoms with Gasteiger partial charge in [-0.05, 0) is 61.1 Å². The number of ether oxygens (including phenoxy) is 1. The number of likely N-dealkylation sites (tertiary alicyclic amines) is 1. The summed E-state index contributed by atoms with van der Waals surface area (Å²) < 4.78 is 5.49. The highest BCUT2D eigenvalue weighted by molar-refractivity contribution is 5.46. The Morgan fingerprint density at radius 3 is 2.82 bits per heavy atom. The lowest BCUT2D eigenvalue weighted by atomic mass is 9.60. The number of methoxy groups -OCH3 is 1. The van der Waals surface area contributed by atoms with Crippen molar-refractivity contribution in [2.75, 3.05) is 20.2 Å². The number of benzene rings is 2. The SMILES string of the molecule is COc1cccc([C@]23CCC[C@H](/C2=C\C#N)N(CCc2ccccc2)CC3)c1. The first-order valence-electron chi connectivity index (χ1n) is 10.3. The first-order chi connectivity index (χ1) is 13.8. The zero-order chi connectivity index (χ0) is 19.4. The minimum absolute atomic E-state index is 0.0174. The molecule has 0 aromatic heterocycles. The first kappa shape index (κ1) is 18.8. The highest BCUT2D eigenvalue weighted by Crippen LogP contribution is 2.51. The van der Waals surface area contributed by atoms with Gasteiger partial charge in [0.25, 0.3) is 0 Å². The van der Waals surface area contributed by atoms with Crippen molar-refractivity contribution in [1.82, 2.24) is 4.90 Å². The molecular weight excluding hydrogens is 344 g/mol. The van der Waals surface area contributed by atoms with Crippen LogP contribution in [0.1, 0.15) is 36.8 Å². The molecule has 0 spiro atoms. The van der Waals surface area contributed by atoms with Gasteiger partial charge in [-0.1, -0.05) is 48.9 Å². The molecule has 1 aliphatic carbocycles. The third-order valence-electron chi connectivity index (χ3n) is 6.63. The summed E-state index contributed by atoms with van der Waals surface area (Å²) in [6.07, 6.45) is 7.44. The van der Waals surface area contributed by atoms with Gasteiger partial charge < -0.3 is 4.74 Å². The lowest BCUT2D eigenvalue weighted by Gasteiger charge is -2.53. The molecule has 1 saturated carbocycles. The van der Waals surface area contributed by atoms with Crippen molar-refractivity contribution in [3.05, 3.63) is 77.4 Å². The summed E-state index contributed by atoms with van der Waals surface area (Å²) in [5.41, 5.74) is 3.99. The third-order valence-corrected chi connectivity index (χ3v) is 6.63. The van der Waals surface area contributed by atoms with Gasteiger partial charge in [0.05, 0.1) is 13.2 Å². The molecule has 1 aliphatic heterocycles. The van der Waals surface area contributed by atoms with Crippen LogP contribution in [0.25, 0.3) is 0 Å². The van der Waals surface area contributed by atoms with Crippen molar-refractivity contribution in [2.24, 2.45) is 0 Å². The van der Waals surface area contributed by atoms with E-state index in [2.05, 4.69) is 59.5 Å². The number of fused-ring (bicyclic) bond motifs is 2. The van der Waals surface area contributed by atoms with Crippen LogP contribution in [0.2, 0.25) is 0 Å². The topological polar surface area (TPSA) is 36.3 Å². The van der Waals surface area contributed by atoms with Gasteiger partial charge in [0.1, 0.15) is 5.75 Å². The van der Waals surface area contributed by atoms with Gasteiger partial charge in [0.2, 0.25) is 0 Å². The predicted octanol–water partition coefficient (Wildman–Crippen LogP) is 4.88. The highest BCUT2D eigenvalue weighted by Gasteiger charge is 2.47. The molecule has 0 radical (unpaired) electrons. The van der Waals surface area contributed by atoms with Crippen molar-refractivity contribution >= 4 is 0 Å². The van der Waals surface area contributed by atoms with Crippen molar-refractivity contribution in [1.29, 1.82) is 5.26 Å². The fourth-order valence-corrected chi connectivity index (χ4v) is 5.22. The summed E-state index contributed by atoms with van der Waals surface area (Å²) in [5.74, 6) is 0.900. The molecule has 1 heterocycles. The lowest BCUT2D eigenvalue weighted by molar-refractivity contribution is 0.110. The monoisotopic (exact) mass is 372 g/mol. The molecule has 1 saturated heterocycles. The zero-order valence-electron chi connectivity index (χ0n) is 16.6. The van der Waals surface area contributed by atoms with Crippen LogP contribution in [0.4, 0.5) is 0 Å². The van der Waals surface area contributed by atoms with E-state index in [4.69, 9.17) is 4.74 Å². The summed E-state index contributed by atoms with van der Waals surface area (Å²) in [4.78, 5) is 2.60. The Hall–Kier alpha value is -2.57. The molecule has 3 nitrogen and oxygen atoms in total. The van der Waals surface area contributed by atoms with Crippen LogP contribution in [0.15, 0.2) is 66.2 Å². The van der Waals surface area contributed by atoms with E-state index in [1.54, 1.807) is 7.11 Å². The fourth-order valence-electron chi connectivity index (χ4n) is 5.22. The molecule has 2 aromatic carbocycles. The lowest BCUT2D eigenvalue weighted by Crippen LogP contribution is -2.54. The highest BCUT2D eigenvalue weighted by atomic mass is 16.5. The average Bonchev–Trinajstić information content (AvgIpc) is 2.74. The molecule has 4 rings (SSSR count). The molecule has 0 unspecified atom stereocenters. The summed E-state index contributed by atoms with van der Waals surface area (Å²) >= 11 is 0. The van der Waals surface area contributed by atoms with E-state index in [1.807, 2.05) is 12.1 Å². The zero-order valence-corrected chi connectivity index (χ0v) is 16.6. The van der Waals surface area contributed by atoms with E-state index in [0.29, 0.717) is 6.04 Å². The smallest absolute Gasteiger partial charge is 0.119 e. The molecule has 144 valence electrons. The van der Waals surface area contributed by atoms with E-state index in [-0.39, 0.29) is 5.41 Å². The number of nitrogens with zero attached hydrogens (tertiary/aromatic N) is 2. The fraction of sp³-hybridized carbons (Fsp3) is 0.400. The molecule has 3 heteroatoms. The molecule has 2 aliphatic rings. The quantitative estimate of drug-likeness (QED) is 0.702. The minimum Gasteiger partial charge on any atom is -0.497 e. The van der Waals surface area contributed by atoms with Crippen molar-refractivity contribution < 1.29 is 4.74 Å². The molecule has 2 atom stereocenters. The summed E-state index contributed by atoms with van der Waals surface area (Å²) in [6.45, 7) is 2.13. The second-order valence-corrected chi connectivity index (χ2v) is 7.97. The summed E-state index contributed by atoms with van der Waals surface area (Å²) in [7, 11) is 1.72. The van der Waals surface area contributed by atoms with E-state index in [0.717, 1.165) is 44.5 Å². The normalized spacial score (nSPS) is 26.0. The summed E-state index contributed by atoms with van der Waals surface area (Å²) in [6, 6.07) is 21.9. The largest absolute Gasteiger partial charge is 0.497 e. The molecule has 2 fully saturated rings. The Labute approximate surface area is 168 Å². The maximum absolute atomic E-state index is 9.56. The van der Waals surface area contributed by atoms with Gasteiger partial charge in [-0.3, -0.25) is 4.90 Å². The molecule has 28 heavy (non-hydrogen) atoms. The van der Waals surface area contributed by atoms with Crippen LogP contribution in [-0.4, -0.2) is 31.1 Å². The Balaban J connectivity index is 1.62. The number of hydrogen-bond acceptors (Lipinski definition) is 3. The van der Waals surface area contributed by atoms with Gasteiger partial charge in [0.15, 0.2) is 0 Å². The van der Waals surface area contributed by atoms with Crippen LogP contribution in [0, 0.1) is 11.3 Å². The molecular formula is C25H28N2O. The molecule has 0 N–H and O–H groups in total. The number of allylic oxidation sites excluding steroid dienone is 1. The standard InChI is InChI=1S/C25H28N2O/c1-28-22-10-5-9-21(19-22)25-14-6-11-24(23(25)12-16-26)27(18-15-25)17-13-20-7-3-2-4-8-20/h2-5,7-10,12,19,24H,6,11,13-15,17-18H2,1H3/b23-12+/t24-,25-/m1/s1. The van der Waals surface area contributed by atoms with Crippen molar-refractivity contribution in [3.8, 4) is 11.8 Å². The van der Waals surface area contributed by atoms with Crippen LogP contribution >= 0.6 is 0 Å². The summed E-state index contributed by atoms with van der Waals surface area (Å²) in [5, 5.41) is 9.56. The average molecular weight is 373 g/mol. The Morgan fingerprint density at radius 2 is 2.04 bits per heavy atom. The van der Waals surface area contributed by atoms with E-state index < -0.39 is 0 Å². The second-order valence-electron chi connectivity index (χ2n) is 7.97. The predicted molar refractivity (Wildman–Crippen MR) is 112 cm³/mol. The van der Waals surface area contributed by atoms with Crippen LogP contribution in [0.3, 0.4) is 0 Å². The number of hydrogen-bond donors (Lipinski definition) is 0. The van der Waals surface area contributed by atoms with Gasteiger partial charge in [0, 0.05) is 24.1 Å². The van der Waals surface area contributed by atoms with Crippen molar-refractivity contribution in [2.45, 2.75) is 43.6 Å². The van der Waals surface area contributed by atoms with Crippen LogP contribution in [0.5, 0.6) is 5.75 Å². The van der Waals surface area contributed by atoms with Crippen molar-refractivity contribution in [3.63, 3.8) is 0 Å². The van der Waals surface area contributed by atoms with E-state index in [9.17, 15) is 5.26 Å². The van der Waals surface area contributed by atoms with Crippen LogP contribution in [-0.2, 0) is 11.8 Å². The third kappa shape index (κ3) is 3.45. The van der Waals surface area contributed by atoms with Crippen LogP contribution < -0.4 is 4.74 Å². The second kappa shape index (κ2) is 8.20. The van der Waals surface area contributed by atoms with E-state index in [1.165, 1.54) is 23.1 Å². The van der Waals surface area contributed by atoms with Gasteiger partial charge in [-0.2, -0.15) is 5.26 Å². The number of rotatable bonds is 5. The maximum Gasteiger partial charge on any atom is 0.119 e. The minimum atomic E-state index is -0.0174. The Morgan fingerprint density at radius 1 is 1.18 bits per heavy atom. The molecule has 0 amide bonds. The molecule has 2 bridgehead atoms. The molecule has 2 aromatic rings. The number of nitriles is 1. The Kier molecular flexibility index (Phi) is 5.50. The first-order valence-corrected chi connectivity index (χ1v) is 10.3. The Bertz CT molecular complexity index is 883. The van der Waals surface area contributed by atoms with E-state index >= 15 is 0 Å². The van der Waals surface area contributed by atoms with Gasteiger partial charge in [-0.15, -0.1) is 0 Å². The van der Waals surface area contributed by atoms with Gasteiger partial charge in [-0.25, -0.2) is 0 Å².